The molecule has 0 aromatic carbocycles. The molecule has 1 aliphatic rings. The highest BCUT2D eigenvalue weighted by atomic mass is 16.7. The van der Waals surface area contributed by atoms with Crippen molar-refractivity contribution in [3.8, 4) is 0 Å². The van der Waals surface area contributed by atoms with Gasteiger partial charge in [0, 0.05) is 0 Å². The zero-order chi connectivity index (χ0) is 10.0. The van der Waals surface area contributed by atoms with Crippen molar-refractivity contribution >= 4 is 0 Å². The predicted molar refractivity (Wildman–Crippen MR) is 56.0 cm³/mol. The topological polar surface area (TPSA) is 105 Å². The van der Waals surface area contributed by atoms with Gasteiger partial charge in [0.15, 0.2) is 6.29 Å². The van der Waals surface area contributed by atoms with Crippen molar-refractivity contribution in [2.75, 3.05) is 6.73 Å². The summed E-state index contributed by atoms with van der Waals surface area (Å²) in [5, 5.41) is 27.9. The molecular formula is C9H23NO5. The van der Waals surface area contributed by atoms with Crippen molar-refractivity contribution in [1.82, 2.24) is 0 Å². The van der Waals surface area contributed by atoms with Crippen molar-refractivity contribution in [1.29, 1.82) is 0 Å². The van der Waals surface area contributed by atoms with Crippen LogP contribution in [0.5, 0.6) is 0 Å². The van der Waals surface area contributed by atoms with Crippen LogP contribution in [0.2, 0.25) is 0 Å². The number of nitrogens with two attached hydrogens (primary N) is 1. The van der Waals surface area contributed by atoms with Gasteiger partial charge in [0.1, 0.15) is 18.3 Å². The molecule has 5 atom stereocenters. The minimum Gasteiger partial charge on any atom is -0.388 e. The molecule has 6 heteroatoms. The molecular weight excluding hydrogens is 202 g/mol. The zero-order valence-electron chi connectivity index (χ0n) is 7.33. The molecule has 94 valence electrons. The predicted octanol–water partition coefficient (Wildman–Crippen LogP) is -0.981. The van der Waals surface area contributed by atoms with Crippen LogP contribution in [-0.4, -0.2) is 52.8 Å². The SMILES string of the molecule is C.C.CC1O[C@@H](OCN)[C@@H](O)C(O)[C@H]1O. The van der Waals surface area contributed by atoms with E-state index in [1.165, 1.54) is 0 Å². The fourth-order valence-electron chi connectivity index (χ4n) is 1.25. The Morgan fingerprint density at radius 3 is 2.13 bits per heavy atom. The summed E-state index contributed by atoms with van der Waals surface area (Å²) in [4.78, 5) is 0. The van der Waals surface area contributed by atoms with E-state index >= 15 is 0 Å². The molecule has 0 amide bonds. The van der Waals surface area contributed by atoms with Crippen molar-refractivity contribution in [2.24, 2.45) is 5.73 Å². The minimum atomic E-state index is -1.27. The van der Waals surface area contributed by atoms with E-state index in [9.17, 15) is 15.3 Å². The monoisotopic (exact) mass is 225 g/mol. The van der Waals surface area contributed by atoms with E-state index in [0.717, 1.165) is 0 Å². The molecule has 6 nitrogen and oxygen atoms in total. The third-order valence-electron chi connectivity index (χ3n) is 2.07. The van der Waals surface area contributed by atoms with Gasteiger partial charge in [-0.3, -0.25) is 0 Å². The van der Waals surface area contributed by atoms with Crippen LogP contribution in [-0.2, 0) is 9.47 Å². The van der Waals surface area contributed by atoms with Gasteiger partial charge >= 0.3 is 0 Å². The molecule has 0 aliphatic carbocycles. The summed E-state index contributed by atoms with van der Waals surface area (Å²) in [6.07, 6.45) is -5.20. The number of aliphatic hydroxyl groups excluding tert-OH is 3. The molecule has 1 aliphatic heterocycles. The molecule has 0 spiro atoms. The summed E-state index contributed by atoms with van der Waals surface area (Å²) in [7, 11) is 0. The molecule has 1 saturated heterocycles. The van der Waals surface area contributed by atoms with Crippen LogP contribution < -0.4 is 5.73 Å². The Morgan fingerprint density at radius 2 is 1.67 bits per heavy atom. The van der Waals surface area contributed by atoms with Crippen LogP contribution >= 0.6 is 0 Å². The van der Waals surface area contributed by atoms with Crippen LogP contribution in [0.3, 0.4) is 0 Å². The van der Waals surface area contributed by atoms with E-state index in [-0.39, 0.29) is 21.6 Å². The lowest BCUT2D eigenvalue weighted by atomic mass is 10.0. The third-order valence-corrected chi connectivity index (χ3v) is 2.07. The van der Waals surface area contributed by atoms with E-state index in [2.05, 4.69) is 0 Å². The number of ether oxygens (including phenoxy) is 2. The first-order valence-corrected chi connectivity index (χ1v) is 4.09. The molecule has 15 heavy (non-hydrogen) atoms. The Labute approximate surface area is 90.6 Å². The van der Waals surface area contributed by atoms with Crippen LogP contribution in [0.15, 0.2) is 0 Å². The van der Waals surface area contributed by atoms with E-state index in [1.54, 1.807) is 6.92 Å². The molecule has 1 heterocycles. The maximum Gasteiger partial charge on any atom is 0.188 e. The fourth-order valence-corrected chi connectivity index (χ4v) is 1.25. The Kier molecular flexibility index (Phi) is 8.13. The molecule has 1 rings (SSSR count). The molecule has 1 fully saturated rings. The van der Waals surface area contributed by atoms with Gasteiger partial charge in [0.2, 0.25) is 0 Å². The normalized spacial score (nSPS) is 40.2. The Morgan fingerprint density at radius 1 is 1.13 bits per heavy atom. The molecule has 2 unspecified atom stereocenters. The highest BCUT2D eigenvalue weighted by molar-refractivity contribution is 4.86. The average molecular weight is 225 g/mol. The van der Waals surface area contributed by atoms with E-state index < -0.39 is 30.7 Å². The standard InChI is InChI=1S/C7H15NO5.2CH4/c1-3-4(9)5(10)6(11)7(13-3)12-2-8;;/h3-7,9-11H,2,8H2,1H3;2*1H4/t3?,4-,5?,6-,7+;;/m0../s1. The lowest BCUT2D eigenvalue weighted by molar-refractivity contribution is -0.292. The fraction of sp³-hybridized carbons (Fsp3) is 1.00. The van der Waals surface area contributed by atoms with E-state index in [4.69, 9.17) is 15.2 Å². The van der Waals surface area contributed by atoms with Gasteiger partial charge in [-0.05, 0) is 6.92 Å². The first-order chi connectivity index (χ1) is 6.07. The van der Waals surface area contributed by atoms with Crippen LogP contribution in [0, 0.1) is 0 Å². The summed E-state index contributed by atoms with van der Waals surface area (Å²) in [6, 6.07) is 0. The largest absolute Gasteiger partial charge is 0.388 e. The smallest absolute Gasteiger partial charge is 0.188 e. The van der Waals surface area contributed by atoms with E-state index in [0.29, 0.717) is 0 Å². The molecule has 0 bridgehead atoms. The van der Waals surface area contributed by atoms with Gasteiger partial charge < -0.3 is 30.5 Å². The number of rotatable bonds is 2. The number of aliphatic hydroxyl groups is 3. The summed E-state index contributed by atoms with van der Waals surface area (Å²) < 4.78 is 9.88. The number of hydrogen-bond donors (Lipinski definition) is 4. The third kappa shape index (κ3) is 3.67. The summed E-state index contributed by atoms with van der Waals surface area (Å²) in [5.41, 5.74) is 5.09. The quantitative estimate of drug-likeness (QED) is 0.450. The summed E-state index contributed by atoms with van der Waals surface area (Å²) in [6.45, 7) is 1.46. The van der Waals surface area contributed by atoms with Gasteiger partial charge in [0.25, 0.3) is 0 Å². The molecule has 0 radical (unpaired) electrons. The van der Waals surface area contributed by atoms with Crippen LogP contribution in [0.1, 0.15) is 21.8 Å². The molecule has 0 aromatic heterocycles. The first-order valence-electron chi connectivity index (χ1n) is 4.09. The highest BCUT2D eigenvalue weighted by Crippen LogP contribution is 2.21. The Bertz CT molecular complexity index is 169. The molecule has 5 N–H and O–H groups in total. The lowest BCUT2D eigenvalue weighted by Gasteiger charge is -2.38. The highest BCUT2D eigenvalue weighted by Gasteiger charge is 2.42. The van der Waals surface area contributed by atoms with Crippen molar-refractivity contribution in [2.45, 2.75) is 52.5 Å². The number of hydrogen-bond acceptors (Lipinski definition) is 6. The second-order valence-corrected chi connectivity index (χ2v) is 3.01. The van der Waals surface area contributed by atoms with Crippen LogP contribution in [0.4, 0.5) is 0 Å². The minimum absolute atomic E-state index is 0. The lowest BCUT2D eigenvalue weighted by Crippen LogP contribution is -2.57. The van der Waals surface area contributed by atoms with Gasteiger partial charge in [0.05, 0.1) is 12.8 Å². The van der Waals surface area contributed by atoms with Crippen LogP contribution in [0.25, 0.3) is 0 Å². The Balaban J connectivity index is 0. The second-order valence-electron chi connectivity index (χ2n) is 3.01. The van der Waals surface area contributed by atoms with Gasteiger partial charge in [-0.25, -0.2) is 0 Å². The molecule has 0 aromatic rings. The maximum atomic E-state index is 9.34. The summed E-state index contributed by atoms with van der Waals surface area (Å²) >= 11 is 0. The van der Waals surface area contributed by atoms with Gasteiger partial charge in [-0.1, -0.05) is 14.9 Å². The van der Waals surface area contributed by atoms with Crippen molar-refractivity contribution in [3.63, 3.8) is 0 Å². The summed E-state index contributed by atoms with van der Waals surface area (Å²) in [5.74, 6) is 0. The van der Waals surface area contributed by atoms with Crippen molar-refractivity contribution in [3.05, 3.63) is 0 Å². The van der Waals surface area contributed by atoms with Crippen molar-refractivity contribution < 1.29 is 24.8 Å². The van der Waals surface area contributed by atoms with E-state index in [1.807, 2.05) is 0 Å². The van der Waals surface area contributed by atoms with Gasteiger partial charge in [-0.2, -0.15) is 0 Å². The second kappa shape index (κ2) is 7.10. The maximum absolute atomic E-state index is 9.34. The zero-order valence-corrected chi connectivity index (χ0v) is 7.33. The Hall–Kier alpha value is -0.240. The average Bonchev–Trinajstić information content (AvgIpc) is 2.11. The molecule has 0 saturated carbocycles. The van der Waals surface area contributed by atoms with Gasteiger partial charge in [-0.15, -0.1) is 0 Å². The first kappa shape index (κ1) is 17.2.